The second-order valence-electron chi connectivity index (χ2n) is 5.45. The average molecular weight is 284 g/mol. The molecule has 0 amide bonds. The van der Waals surface area contributed by atoms with Gasteiger partial charge in [0.2, 0.25) is 0 Å². The molecule has 0 saturated heterocycles. The minimum Gasteiger partial charge on any atom is -0.459 e. The first kappa shape index (κ1) is 13.8. The first-order valence-corrected chi connectivity index (χ1v) is 7.23. The van der Waals surface area contributed by atoms with Crippen LogP contribution >= 0.6 is 0 Å². The number of benzene rings is 1. The highest BCUT2D eigenvalue weighted by Crippen LogP contribution is 2.25. The van der Waals surface area contributed by atoms with Crippen LogP contribution in [0.15, 0.2) is 41.1 Å². The minimum absolute atomic E-state index is 0.0825. The molecule has 0 aliphatic carbocycles. The second kappa shape index (κ2) is 5.69. The van der Waals surface area contributed by atoms with Crippen LogP contribution < -0.4 is 5.32 Å². The summed E-state index contributed by atoms with van der Waals surface area (Å²) >= 11 is 0. The Morgan fingerprint density at radius 3 is 2.81 bits per heavy atom. The van der Waals surface area contributed by atoms with Gasteiger partial charge in [-0.2, -0.15) is 5.10 Å². The lowest BCUT2D eigenvalue weighted by Gasteiger charge is -2.15. The number of aromatic nitrogens is 3. The molecule has 21 heavy (non-hydrogen) atoms. The third kappa shape index (κ3) is 2.69. The third-order valence-electron chi connectivity index (χ3n) is 3.66. The second-order valence-corrected chi connectivity index (χ2v) is 5.45. The first-order valence-electron chi connectivity index (χ1n) is 7.23. The van der Waals surface area contributed by atoms with Gasteiger partial charge in [-0.3, -0.25) is 0 Å². The van der Waals surface area contributed by atoms with Crippen LogP contribution in [0.2, 0.25) is 0 Å². The van der Waals surface area contributed by atoms with E-state index in [1.165, 1.54) is 0 Å². The van der Waals surface area contributed by atoms with Crippen molar-refractivity contribution in [3.05, 3.63) is 48.2 Å². The topological polar surface area (TPSA) is 55.9 Å². The molecule has 5 nitrogen and oxygen atoms in total. The van der Waals surface area contributed by atoms with Gasteiger partial charge in [0.05, 0.1) is 6.04 Å². The molecule has 0 spiro atoms. The maximum absolute atomic E-state index is 5.95. The van der Waals surface area contributed by atoms with Gasteiger partial charge in [-0.05, 0) is 33.0 Å². The Morgan fingerprint density at radius 2 is 2.10 bits per heavy atom. The summed E-state index contributed by atoms with van der Waals surface area (Å²) in [6.45, 7) is 4.21. The maximum Gasteiger partial charge on any atom is 0.138 e. The SMILES string of the molecule is CNC(Cc1ncnn1C(C)C)c1cc2ccccc2o1. The zero-order chi connectivity index (χ0) is 14.8. The van der Waals surface area contributed by atoms with E-state index >= 15 is 0 Å². The number of fused-ring (bicyclic) bond motifs is 1. The van der Waals surface area contributed by atoms with E-state index in [1.807, 2.05) is 29.9 Å². The van der Waals surface area contributed by atoms with Gasteiger partial charge in [-0.1, -0.05) is 18.2 Å². The molecule has 0 bridgehead atoms. The molecule has 0 saturated carbocycles. The number of hydrogen-bond donors (Lipinski definition) is 1. The summed E-state index contributed by atoms with van der Waals surface area (Å²) in [4.78, 5) is 4.37. The van der Waals surface area contributed by atoms with Crippen molar-refractivity contribution < 1.29 is 4.42 Å². The van der Waals surface area contributed by atoms with Gasteiger partial charge in [0.15, 0.2) is 0 Å². The Hall–Kier alpha value is -2.14. The summed E-state index contributed by atoms with van der Waals surface area (Å²) in [5.74, 6) is 1.89. The smallest absolute Gasteiger partial charge is 0.138 e. The number of furan rings is 1. The van der Waals surface area contributed by atoms with E-state index in [4.69, 9.17) is 4.42 Å². The highest BCUT2D eigenvalue weighted by atomic mass is 16.3. The largest absolute Gasteiger partial charge is 0.459 e. The van der Waals surface area contributed by atoms with Gasteiger partial charge in [-0.15, -0.1) is 0 Å². The van der Waals surface area contributed by atoms with Crippen molar-refractivity contribution in [1.29, 1.82) is 0 Å². The minimum atomic E-state index is 0.0825. The van der Waals surface area contributed by atoms with Crippen molar-refractivity contribution in [1.82, 2.24) is 20.1 Å². The molecule has 5 heteroatoms. The number of hydrogen-bond acceptors (Lipinski definition) is 4. The Bertz CT molecular complexity index is 696. The summed E-state index contributed by atoms with van der Waals surface area (Å²) in [7, 11) is 1.94. The van der Waals surface area contributed by atoms with E-state index < -0.39 is 0 Å². The highest BCUT2D eigenvalue weighted by Gasteiger charge is 2.19. The summed E-state index contributed by atoms with van der Waals surface area (Å²) in [5, 5.41) is 8.72. The number of nitrogens with zero attached hydrogens (tertiary/aromatic N) is 3. The quantitative estimate of drug-likeness (QED) is 0.782. The Kier molecular flexibility index (Phi) is 3.75. The van der Waals surface area contributed by atoms with E-state index in [-0.39, 0.29) is 6.04 Å². The monoisotopic (exact) mass is 284 g/mol. The van der Waals surface area contributed by atoms with Crippen molar-refractivity contribution in [3.8, 4) is 0 Å². The van der Waals surface area contributed by atoms with E-state index in [0.29, 0.717) is 6.04 Å². The number of nitrogens with one attached hydrogen (secondary N) is 1. The molecule has 0 aliphatic heterocycles. The summed E-state index contributed by atoms with van der Waals surface area (Å²) in [5.41, 5.74) is 0.915. The van der Waals surface area contributed by atoms with Crippen LogP contribution in [0.3, 0.4) is 0 Å². The lowest BCUT2D eigenvalue weighted by atomic mass is 10.1. The normalized spacial score (nSPS) is 13.1. The first-order chi connectivity index (χ1) is 10.2. The van der Waals surface area contributed by atoms with E-state index in [1.54, 1.807) is 6.33 Å². The molecule has 1 aromatic carbocycles. The van der Waals surface area contributed by atoms with Gasteiger partial charge in [0, 0.05) is 17.8 Å². The zero-order valence-electron chi connectivity index (χ0n) is 12.6. The Balaban J connectivity index is 1.89. The molecule has 1 unspecified atom stereocenters. The van der Waals surface area contributed by atoms with E-state index in [0.717, 1.165) is 29.0 Å². The van der Waals surface area contributed by atoms with Crippen LogP contribution in [-0.4, -0.2) is 21.8 Å². The molecular formula is C16H20N4O. The highest BCUT2D eigenvalue weighted by molar-refractivity contribution is 5.77. The molecule has 1 atom stereocenters. The Labute approximate surface area is 124 Å². The van der Waals surface area contributed by atoms with Gasteiger partial charge in [0.1, 0.15) is 23.5 Å². The Morgan fingerprint density at radius 1 is 1.29 bits per heavy atom. The fraction of sp³-hybridized carbons (Fsp3) is 0.375. The standard InChI is InChI=1S/C16H20N4O/c1-11(2)20-16(18-10-19-20)9-13(17-3)15-8-12-6-4-5-7-14(12)21-15/h4-8,10-11,13,17H,9H2,1-3H3. The molecule has 3 aromatic rings. The molecule has 0 radical (unpaired) electrons. The van der Waals surface area contributed by atoms with Crippen molar-refractivity contribution in [2.24, 2.45) is 0 Å². The fourth-order valence-electron chi connectivity index (χ4n) is 2.55. The van der Waals surface area contributed by atoms with Crippen LogP contribution in [-0.2, 0) is 6.42 Å². The lowest BCUT2D eigenvalue weighted by Crippen LogP contribution is -2.21. The lowest BCUT2D eigenvalue weighted by molar-refractivity contribution is 0.425. The summed E-state index contributed by atoms with van der Waals surface area (Å²) < 4.78 is 7.90. The van der Waals surface area contributed by atoms with Crippen molar-refractivity contribution in [2.45, 2.75) is 32.4 Å². The fourth-order valence-corrected chi connectivity index (χ4v) is 2.55. The van der Waals surface area contributed by atoms with Crippen LogP contribution in [0.1, 0.15) is 37.5 Å². The van der Waals surface area contributed by atoms with Gasteiger partial charge >= 0.3 is 0 Å². The van der Waals surface area contributed by atoms with Crippen molar-refractivity contribution in [3.63, 3.8) is 0 Å². The van der Waals surface area contributed by atoms with E-state index in [9.17, 15) is 0 Å². The van der Waals surface area contributed by atoms with Gasteiger partial charge < -0.3 is 9.73 Å². The maximum atomic E-state index is 5.95. The molecule has 0 fully saturated rings. The zero-order valence-corrected chi connectivity index (χ0v) is 12.6. The number of para-hydroxylation sites is 1. The van der Waals surface area contributed by atoms with Gasteiger partial charge in [-0.25, -0.2) is 9.67 Å². The predicted octanol–water partition coefficient (Wildman–Crippen LogP) is 3.11. The molecule has 0 aliphatic rings. The van der Waals surface area contributed by atoms with Crippen molar-refractivity contribution in [2.75, 3.05) is 7.05 Å². The van der Waals surface area contributed by atoms with Crippen LogP contribution in [0.4, 0.5) is 0 Å². The third-order valence-corrected chi connectivity index (χ3v) is 3.66. The van der Waals surface area contributed by atoms with Crippen LogP contribution in [0.25, 0.3) is 11.0 Å². The molecule has 2 aromatic heterocycles. The summed E-state index contributed by atoms with van der Waals surface area (Å²) in [6, 6.07) is 10.5. The number of rotatable bonds is 5. The van der Waals surface area contributed by atoms with Crippen LogP contribution in [0.5, 0.6) is 0 Å². The molecular weight excluding hydrogens is 264 g/mol. The molecule has 110 valence electrons. The van der Waals surface area contributed by atoms with Gasteiger partial charge in [0.25, 0.3) is 0 Å². The average Bonchev–Trinajstić information content (AvgIpc) is 3.10. The van der Waals surface area contributed by atoms with E-state index in [2.05, 4.69) is 41.4 Å². The molecule has 3 rings (SSSR count). The molecule has 2 heterocycles. The van der Waals surface area contributed by atoms with Crippen molar-refractivity contribution >= 4 is 11.0 Å². The number of likely N-dealkylation sites (N-methyl/N-ethyl adjacent to an activating group) is 1. The van der Waals surface area contributed by atoms with Crippen LogP contribution in [0, 0.1) is 0 Å². The summed E-state index contributed by atoms with van der Waals surface area (Å²) in [6.07, 6.45) is 2.36. The predicted molar refractivity (Wildman–Crippen MR) is 82.1 cm³/mol. The molecule has 1 N–H and O–H groups in total.